The summed E-state index contributed by atoms with van der Waals surface area (Å²) in [6.07, 6.45) is 3.95. The van der Waals surface area contributed by atoms with Crippen LogP contribution in [-0.2, 0) is 4.79 Å². The van der Waals surface area contributed by atoms with E-state index in [0.29, 0.717) is 6.04 Å². The summed E-state index contributed by atoms with van der Waals surface area (Å²) in [4.78, 5) is 17.2. The van der Waals surface area contributed by atoms with Gasteiger partial charge >= 0.3 is 0 Å². The molecule has 2 aliphatic rings. The standard InChI is InChI=1S/C19H28N2O2/c1-15-7-9-17(10-8-15)23-19(2,3)18(22)21-13-16(14-21)20-11-5-4-6-12-20/h7-10,16H,4-6,11-14H2,1-3H3. The highest BCUT2D eigenvalue weighted by Crippen LogP contribution is 2.25. The zero-order valence-electron chi connectivity index (χ0n) is 14.5. The number of amides is 1. The van der Waals surface area contributed by atoms with Crippen molar-refractivity contribution in [2.45, 2.75) is 51.7 Å². The first-order valence-electron chi connectivity index (χ1n) is 8.75. The number of piperidine rings is 1. The maximum atomic E-state index is 12.7. The monoisotopic (exact) mass is 316 g/mol. The van der Waals surface area contributed by atoms with Crippen LogP contribution in [0.3, 0.4) is 0 Å². The van der Waals surface area contributed by atoms with Gasteiger partial charge in [-0.25, -0.2) is 0 Å². The lowest BCUT2D eigenvalue weighted by Gasteiger charge is -2.48. The minimum Gasteiger partial charge on any atom is -0.478 e. The van der Waals surface area contributed by atoms with E-state index in [2.05, 4.69) is 4.90 Å². The highest BCUT2D eigenvalue weighted by Gasteiger charge is 2.42. The molecule has 3 rings (SSSR count). The summed E-state index contributed by atoms with van der Waals surface area (Å²) in [6.45, 7) is 9.85. The zero-order valence-corrected chi connectivity index (χ0v) is 14.5. The molecule has 126 valence electrons. The van der Waals surface area contributed by atoms with Crippen molar-refractivity contribution < 1.29 is 9.53 Å². The highest BCUT2D eigenvalue weighted by molar-refractivity contribution is 5.85. The lowest BCUT2D eigenvalue weighted by atomic mass is 9.99. The third kappa shape index (κ3) is 3.69. The van der Waals surface area contributed by atoms with E-state index in [0.717, 1.165) is 18.8 Å². The lowest BCUT2D eigenvalue weighted by Crippen LogP contribution is -2.65. The van der Waals surface area contributed by atoms with E-state index in [1.807, 2.05) is 49.9 Å². The van der Waals surface area contributed by atoms with Gasteiger partial charge in [-0.3, -0.25) is 9.69 Å². The highest BCUT2D eigenvalue weighted by atomic mass is 16.5. The lowest BCUT2D eigenvalue weighted by molar-refractivity contribution is -0.153. The van der Waals surface area contributed by atoms with E-state index in [-0.39, 0.29) is 5.91 Å². The van der Waals surface area contributed by atoms with Crippen molar-refractivity contribution in [1.82, 2.24) is 9.80 Å². The number of hydrogen-bond donors (Lipinski definition) is 0. The van der Waals surface area contributed by atoms with Gasteiger partial charge in [0.1, 0.15) is 5.75 Å². The molecule has 0 saturated carbocycles. The Morgan fingerprint density at radius 2 is 1.70 bits per heavy atom. The molecule has 0 aliphatic carbocycles. The van der Waals surface area contributed by atoms with Crippen molar-refractivity contribution in [2.24, 2.45) is 0 Å². The third-order valence-electron chi connectivity index (χ3n) is 4.97. The van der Waals surface area contributed by atoms with E-state index < -0.39 is 5.60 Å². The Bertz CT molecular complexity index is 541. The number of rotatable bonds is 4. The van der Waals surface area contributed by atoms with Crippen LogP contribution < -0.4 is 4.74 Å². The van der Waals surface area contributed by atoms with E-state index in [9.17, 15) is 4.79 Å². The van der Waals surface area contributed by atoms with Gasteiger partial charge in [0.15, 0.2) is 5.60 Å². The first-order chi connectivity index (χ1) is 11.0. The van der Waals surface area contributed by atoms with E-state index in [1.165, 1.54) is 37.9 Å². The van der Waals surface area contributed by atoms with Gasteiger partial charge in [-0.15, -0.1) is 0 Å². The van der Waals surface area contributed by atoms with E-state index >= 15 is 0 Å². The Morgan fingerprint density at radius 3 is 2.30 bits per heavy atom. The van der Waals surface area contributed by atoms with Gasteiger partial charge in [0.05, 0.1) is 0 Å². The van der Waals surface area contributed by atoms with Crippen LogP contribution in [0.2, 0.25) is 0 Å². The number of likely N-dealkylation sites (tertiary alicyclic amines) is 2. The Hall–Kier alpha value is -1.55. The number of aryl methyl sites for hydroxylation is 1. The molecule has 0 aromatic heterocycles. The number of nitrogens with zero attached hydrogens (tertiary/aromatic N) is 2. The minimum atomic E-state index is -0.817. The van der Waals surface area contributed by atoms with Crippen molar-refractivity contribution in [3.05, 3.63) is 29.8 Å². The maximum absolute atomic E-state index is 12.7. The second-order valence-corrected chi connectivity index (χ2v) is 7.39. The smallest absolute Gasteiger partial charge is 0.266 e. The van der Waals surface area contributed by atoms with Gasteiger partial charge in [-0.1, -0.05) is 24.1 Å². The fraction of sp³-hybridized carbons (Fsp3) is 0.632. The second-order valence-electron chi connectivity index (χ2n) is 7.39. The average molecular weight is 316 g/mol. The maximum Gasteiger partial charge on any atom is 0.266 e. The summed E-state index contributed by atoms with van der Waals surface area (Å²) in [6, 6.07) is 8.42. The molecule has 0 radical (unpaired) electrons. The van der Waals surface area contributed by atoms with Gasteiger partial charge in [0, 0.05) is 19.1 Å². The van der Waals surface area contributed by atoms with Crippen LogP contribution in [0.4, 0.5) is 0 Å². The first kappa shape index (κ1) is 16.3. The molecule has 1 amide bonds. The predicted octanol–water partition coefficient (Wildman–Crippen LogP) is 2.85. The van der Waals surface area contributed by atoms with Gasteiger partial charge in [0.2, 0.25) is 0 Å². The van der Waals surface area contributed by atoms with Crippen LogP contribution in [0.15, 0.2) is 24.3 Å². The first-order valence-corrected chi connectivity index (χ1v) is 8.75. The fourth-order valence-corrected chi connectivity index (χ4v) is 3.46. The van der Waals surface area contributed by atoms with Crippen LogP contribution in [0.1, 0.15) is 38.7 Å². The topological polar surface area (TPSA) is 32.8 Å². The molecule has 0 spiro atoms. The predicted molar refractivity (Wildman–Crippen MR) is 91.7 cm³/mol. The van der Waals surface area contributed by atoms with E-state index in [4.69, 9.17) is 4.74 Å². The van der Waals surface area contributed by atoms with Gasteiger partial charge < -0.3 is 9.64 Å². The Balaban J connectivity index is 1.54. The average Bonchev–Trinajstić information content (AvgIpc) is 2.49. The normalized spacial score (nSPS) is 20.2. The van der Waals surface area contributed by atoms with Crippen molar-refractivity contribution in [2.75, 3.05) is 26.2 Å². The summed E-state index contributed by atoms with van der Waals surface area (Å²) in [5, 5.41) is 0. The molecule has 0 bridgehead atoms. The summed E-state index contributed by atoms with van der Waals surface area (Å²) >= 11 is 0. The molecule has 1 aromatic rings. The van der Waals surface area contributed by atoms with Crippen molar-refractivity contribution in [3.8, 4) is 5.75 Å². The molecular weight excluding hydrogens is 288 g/mol. The number of hydrogen-bond acceptors (Lipinski definition) is 3. The SMILES string of the molecule is Cc1ccc(OC(C)(C)C(=O)N2CC(N3CCCCC3)C2)cc1. The molecule has 2 heterocycles. The number of ether oxygens (including phenoxy) is 1. The molecule has 1 aromatic carbocycles. The van der Waals surface area contributed by atoms with E-state index in [1.54, 1.807) is 0 Å². The Labute approximate surface area is 139 Å². The number of carbonyl (C=O) groups is 1. The van der Waals surface area contributed by atoms with Crippen LogP contribution in [0, 0.1) is 6.92 Å². The molecule has 2 saturated heterocycles. The molecule has 23 heavy (non-hydrogen) atoms. The summed E-state index contributed by atoms with van der Waals surface area (Å²) in [7, 11) is 0. The molecule has 0 unspecified atom stereocenters. The third-order valence-corrected chi connectivity index (χ3v) is 4.97. The molecule has 4 nitrogen and oxygen atoms in total. The molecule has 4 heteroatoms. The largest absolute Gasteiger partial charge is 0.478 e. The van der Waals surface area contributed by atoms with Crippen LogP contribution >= 0.6 is 0 Å². The van der Waals surface area contributed by atoms with Crippen molar-refractivity contribution in [1.29, 1.82) is 0 Å². The molecule has 2 aliphatic heterocycles. The quantitative estimate of drug-likeness (QED) is 0.856. The minimum absolute atomic E-state index is 0.0892. The Morgan fingerprint density at radius 1 is 1.09 bits per heavy atom. The van der Waals surface area contributed by atoms with Crippen LogP contribution in [0.25, 0.3) is 0 Å². The number of benzene rings is 1. The number of carbonyl (C=O) groups excluding carboxylic acids is 1. The fourth-order valence-electron chi connectivity index (χ4n) is 3.46. The van der Waals surface area contributed by atoms with Gasteiger partial charge in [-0.05, 0) is 58.8 Å². The summed E-state index contributed by atoms with van der Waals surface area (Å²) in [5.41, 5.74) is 0.371. The molecule has 0 N–H and O–H groups in total. The van der Waals surface area contributed by atoms with Crippen molar-refractivity contribution in [3.63, 3.8) is 0 Å². The second kappa shape index (κ2) is 6.52. The van der Waals surface area contributed by atoms with Crippen LogP contribution in [0.5, 0.6) is 5.75 Å². The van der Waals surface area contributed by atoms with Gasteiger partial charge in [0.25, 0.3) is 5.91 Å². The molecular formula is C19H28N2O2. The molecule has 0 atom stereocenters. The zero-order chi connectivity index (χ0) is 16.4. The summed E-state index contributed by atoms with van der Waals surface area (Å²) < 4.78 is 5.95. The molecule has 2 fully saturated rings. The van der Waals surface area contributed by atoms with Crippen LogP contribution in [-0.4, -0.2) is 53.5 Å². The summed E-state index contributed by atoms with van der Waals surface area (Å²) in [5.74, 6) is 0.841. The Kier molecular flexibility index (Phi) is 4.62. The van der Waals surface area contributed by atoms with Crippen molar-refractivity contribution >= 4 is 5.91 Å². The van der Waals surface area contributed by atoms with Gasteiger partial charge in [-0.2, -0.15) is 0 Å².